The van der Waals surface area contributed by atoms with Gasteiger partial charge in [-0.1, -0.05) is 13.8 Å². The third-order valence-electron chi connectivity index (χ3n) is 2.76. The lowest BCUT2D eigenvalue weighted by Gasteiger charge is -2.24. The molecule has 0 saturated carbocycles. The highest BCUT2D eigenvalue weighted by molar-refractivity contribution is 5.75. The van der Waals surface area contributed by atoms with Crippen LogP contribution in [0.25, 0.3) is 0 Å². The minimum atomic E-state index is 0.269. The lowest BCUT2D eigenvalue weighted by atomic mass is 9.82. The van der Waals surface area contributed by atoms with Crippen LogP contribution in [0.3, 0.4) is 0 Å². The first-order valence-corrected chi connectivity index (χ1v) is 5.82. The van der Waals surface area contributed by atoms with Crippen LogP contribution in [0.4, 0.5) is 0 Å². The van der Waals surface area contributed by atoms with Crippen LogP contribution >= 0.6 is 0 Å². The van der Waals surface area contributed by atoms with Crippen molar-refractivity contribution in [3.8, 4) is 0 Å². The van der Waals surface area contributed by atoms with E-state index in [4.69, 9.17) is 0 Å². The normalized spacial score (nSPS) is 11.5. The predicted molar refractivity (Wildman–Crippen MR) is 62.8 cm³/mol. The molecule has 0 rings (SSSR count). The second-order valence-corrected chi connectivity index (χ2v) is 5.28. The molecule has 0 amide bonds. The molecule has 2 nitrogen and oxygen atoms in total. The van der Waals surface area contributed by atoms with Crippen molar-refractivity contribution in [1.82, 2.24) is 0 Å². The fraction of sp³-hybridized carbons (Fsp3) is 0.846. The highest BCUT2D eigenvalue weighted by atomic mass is 16.1. The molecule has 0 atom stereocenters. The minimum Gasteiger partial charge on any atom is -0.300 e. The number of hydrogen-bond donors (Lipinski definition) is 0. The number of carbonyl (C=O) groups excluding carboxylic acids is 2. The second kappa shape index (κ2) is 6.76. The fourth-order valence-electron chi connectivity index (χ4n) is 1.76. The summed E-state index contributed by atoms with van der Waals surface area (Å²) in [5, 5.41) is 0. The largest absolute Gasteiger partial charge is 0.300 e. The SMILES string of the molecule is CC(=O)CCCC(C)(C)CCCC(C)=O. The van der Waals surface area contributed by atoms with Crippen molar-refractivity contribution in [3.05, 3.63) is 0 Å². The third-order valence-corrected chi connectivity index (χ3v) is 2.76. The average Bonchev–Trinajstić information content (AvgIpc) is 2.01. The Bertz CT molecular complexity index is 195. The van der Waals surface area contributed by atoms with E-state index in [-0.39, 0.29) is 17.0 Å². The summed E-state index contributed by atoms with van der Waals surface area (Å²) in [5.41, 5.74) is 0.269. The second-order valence-electron chi connectivity index (χ2n) is 5.28. The van der Waals surface area contributed by atoms with Crippen molar-refractivity contribution < 1.29 is 9.59 Å². The summed E-state index contributed by atoms with van der Waals surface area (Å²) in [6, 6.07) is 0. The van der Waals surface area contributed by atoms with Crippen LogP contribution in [-0.4, -0.2) is 11.6 Å². The zero-order chi connectivity index (χ0) is 11.9. The molecule has 0 aliphatic heterocycles. The van der Waals surface area contributed by atoms with E-state index >= 15 is 0 Å². The Morgan fingerprint density at radius 2 is 1.20 bits per heavy atom. The van der Waals surface area contributed by atoms with Crippen LogP contribution in [0.1, 0.15) is 66.2 Å². The molecule has 0 saturated heterocycles. The summed E-state index contributed by atoms with van der Waals surface area (Å²) in [6.45, 7) is 7.71. The van der Waals surface area contributed by atoms with Gasteiger partial charge in [0.25, 0.3) is 0 Å². The molecule has 0 N–H and O–H groups in total. The highest BCUT2D eigenvalue weighted by Crippen LogP contribution is 2.29. The van der Waals surface area contributed by atoms with Gasteiger partial charge in [-0.05, 0) is 44.9 Å². The van der Waals surface area contributed by atoms with Gasteiger partial charge in [0.15, 0.2) is 0 Å². The molecule has 0 fully saturated rings. The number of rotatable bonds is 8. The topological polar surface area (TPSA) is 34.1 Å². The molecule has 2 heteroatoms. The van der Waals surface area contributed by atoms with E-state index in [1.54, 1.807) is 13.8 Å². The predicted octanol–water partition coefficient (Wildman–Crippen LogP) is 3.53. The average molecular weight is 212 g/mol. The summed E-state index contributed by atoms with van der Waals surface area (Å²) in [5.74, 6) is 0.545. The van der Waals surface area contributed by atoms with Crippen LogP contribution in [0.15, 0.2) is 0 Å². The maximum atomic E-state index is 10.8. The van der Waals surface area contributed by atoms with Gasteiger partial charge in [0, 0.05) is 12.8 Å². The maximum Gasteiger partial charge on any atom is 0.129 e. The Kier molecular flexibility index (Phi) is 6.46. The smallest absolute Gasteiger partial charge is 0.129 e. The van der Waals surface area contributed by atoms with Gasteiger partial charge in [0.1, 0.15) is 11.6 Å². The zero-order valence-corrected chi connectivity index (χ0v) is 10.6. The van der Waals surface area contributed by atoms with Gasteiger partial charge in [0.05, 0.1) is 0 Å². The maximum absolute atomic E-state index is 10.8. The molecule has 88 valence electrons. The molecule has 0 aromatic carbocycles. The standard InChI is InChI=1S/C13H24O2/c1-11(14)7-5-9-13(3,4)10-6-8-12(2)15/h5-10H2,1-4H3. The Labute approximate surface area is 93.4 Å². The molecule has 0 aliphatic carbocycles. The van der Waals surface area contributed by atoms with Gasteiger partial charge in [-0.15, -0.1) is 0 Å². The van der Waals surface area contributed by atoms with Crippen molar-refractivity contribution in [2.24, 2.45) is 5.41 Å². The van der Waals surface area contributed by atoms with Crippen LogP contribution in [0.2, 0.25) is 0 Å². The Morgan fingerprint density at radius 1 is 0.867 bits per heavy atom. The number of carbonyl (C=O) groups is 2. The molecule has 0 spiro atoms. The summed E-state index contributed by atoms with van der Waals surface area (Å²) in [6.07, 6.45) is 5.48. The van der Waals surface area contributed by atoms with Gasteiger partial charge >= 0.3 is 0 Å². The molecule has 0 unspecified atom stereocenters. The molecule has 0 aromatic heterocycles. The molecule has 15 heavy (non-hydrogen) atoms. The Morgan fingerprint density at radius 3 is 1.47 bits per heavy atom. The van der Waals surface area contributed by atoms with E-state index in [1.807, 2.05) is 0 Å². The molecule has 0 bridgehead atoms. The Balaban J connectivity index is 3.66. The third kappa shape index (κ3) is 9.64. The van der Waals surface area contributed by atoms with E-state index < -0.39 is 0 Å². The van der Waals surface area contributed by atoms with E-state index in [9.17, 15) is 9.59 Å². The molecule has 0 aromatic rings. The van der Waals surface area contributed by atoms with Crippen molar-refractivity contribution in [1.29, 1.82) is 0 Å². The van der Waals surface area contributed by atoms with Crippen molar-refractivity contribution in [3.63, 3.8) is 0 Å². The number of Topliss-reactive ketones (excluding diaryl/α,β-unsaturated/α-hetero) is 2. The van der Waals surface area contributed by atoms with Gasteiger partial charge < -0.3 is 9.59 Å². The Hall–Kier alpha value is -0.660. The van der Waals surface area contributed by atoms with E-state index in [1.165, 1.54) is 0 Å². The van der Waals surface area contributed by atoms with E-state index in [2.05, 4.69) is 13.8 Å². The van der Waals surface area contributed by atoms with Crippen molar-refractivity contribution >= 4 is 11.6 Å². The highest BCUT2D eigenvalue weighted by Gasteiger charge is 2.17. The molecular formula is C13H24O2. The zero-order valence-electron chi connectivity index (χ0n) is 10.6. The van der Waals surface area contributed by atoms with Gasteiger partial charge in [-0.25, -0.2) is 0 Å². The molecule has 0 aliphatic rings. The first kappa shape index (κ1) is 14.3. The summed E-state index contributed by atoms with van der Waals surface area (Å²) in [4.78, 5) is 21.6. The van der Waals surface area contributed by atoms with Crippen LogP contribution in [0, 0.1) is 5.41 Å². The summed E-state index contributed by atoms with van der Waals surface area (Å²) in [7, 11) is 0. The lowest BCUT2D eigenvalue weighted by Crippen LogP contribution is -2.12. The molecular weight excluding hydrogens is 188 g/mol. The van der Waals surface area contributed by atoms with Gasteiger partial charge in [-0.2, -0.15) is 0 Å². The van der Waals surface area contributed by atoms with Gasteiger partial charge in [-0.3, -0.25) is 0 Å². The van der Waals surface area contributed by atoms with E-state index in [0.717, 1.165) is 25.7 Å². The fourth-order valence-corrected chi connectivity index (χ4v) is 1.76. The minimum absolute atomic E-state index is 0.269. The molecule has 0 heterocycles. The monoisotopic (exact) mass is 212 g/mol. The number of hydrogen-bond acceptors (Lipinski definition) is 2. The van der Waals surface area contributed by atoms with Crippen molar-refractivity contribution in [2.45, 2.75) is 66.2 Å². The van der Waals surface area contributed by atoms with E-state index in [0.29, 0.717) is 12.8 Å². The van der Waals surface area contributed by atoms with Crippen LogP contribution in [-0.2, 0) is 9.59 Å². The quantitative estimate of drug-likeness (QED) is 0.616. The summed E-state index contributed by atoms with van der Waals surface area (Å²) < 4.78 is 0. The van der Waals surface area contributed by atoms with Crippen LogP contribution in [0.5, 0.6) is 0 Å². The van der Waals surface area contributed by atoms with Crippen molar-refractivity contribution in [2.75, 3.05) is 0 Å². The first-order valence-electron chi connectivity index (χ1n) is 5.82. The summed E-state index contributed by atoms with van der Waals surface area (Å²) >= 11 is 0. The lowest BCUT2D eigenvalue weighted by molar-refractivity contribution is -0.117. The van der Waals surface area contributed by atoms with Crippen LogP contribution < -0.4 is 0 Å². The molecule has 0 radical (unpaired) electrons. The number of ketones is 2. The first-order chi connectivity index (χ1) is 6.83. The van der Waals surface area contributed by atoms with Gasteiger partial charge in [0.2, 0.25) is 0 Å².